The Morgan fingerprint density at radius 2 is 0.844 bits per heavy atom. The molecule has 45 heavy (non-hydrogen) atoms. The molecule has 4 bridgehead atoms. The zero-order valence-corrected chi connectivity index (χ0v) is 41.4. The number of hydrogen-bond donors (Lipinski definition) is 7. The average Bonchev–Trinajstić information content (AvgIpc) is 2.92. The van der Waals surface area contributed by atoms with E-state index in [4.69, 9.17) is 89.9 Å². The Kier molecular flexibility index (Phi) is 14.1. The molecule has 0 amide bonds. The van der Waals surface area contributed by atoms with Crippen LogP contribution in [0.1, 0.15) is 0 Å². The summed E-state index contributed by atoms with van der Waals surface area (Å²) in [5.41, 5.74) is 0. The van der Waals surface area contributed by atoms with Gasteiger partial charge in [0, 0.05) is 7.11 Å². The van der Waals surface area contributed by atoms with Crippen LogP contribution in [-0.2, 0) is 53.8 Å². The fraction of sp³-hybridized carbons (Fsp3) is 1.00. The molecule has 0 aromatic heterocycles. The van der Waals surface area contributed by atoms with Crippen LogP contribution in [0, 0.1) is 36.1 Å². The van der Waals surface area contributed by atoms with Crippen molar-refractivity contribution < 1.29 is 53.8 Å². The molecular formula is C8H32N7O13P7Si10. The van der Waals surface area contributed by atoms with Gasteiger partial charge in [-0.15, -0.1) is 0 Å². The summed E-state index contributed by atoms with van der Waals surface area (Å²) in [4.78, 5) is 0. The SMILES string of the molecule is CO[Si@]1(P=N)O[Si]2(P=N)O[Si](O[SiH](C)C)(P=N)O[Si]3(P=N)O[Si](O[Si](C)(C)O[Si](C)(C)C)(P=N)O[Si@@](P=N)(O[Si](P=N)(O3)O2)O1. The molecule has 7 atom stereocenters. The number of hydrogen-bond acceptors (Lipinski definition) is 20. The summed E-state index contributed by atoms with van der Waals surface area (Å²) >= 11 is 0. The van der Waals surface area contributed by atoms with Gasteiger partial charge in [-0.05, 0) is 45.8 Å². The van der Waals surface area contributed by atoms with Gasteiger partial charge in [-0.25, -0.2) is 0 Å². The third-order valence-corrected chi connectivity index (χ3v) is 59.2. The van der Waals surface area contributed by atoms with E-state index in [0.29, 0.717) is 0 Å². The van der Waals surface area contributed by atoms with Crippen LogP contribution in [-0.4, -0.2) is 92.3 Å². The van der Waals surface area contributed by atoms with E-state index in [-0.39, 0.29) is 23.8 Å². The Hall–Kier alpha value is 2.35. The van der Waals surface area contributed by atoms with Gasteiger partial charge >= 0.3 is 67.9 Å². The highest BCUT2D eigenvalue weighted by atomic mass is 31.4. The van der Waals surface area contributed by atoms with Gasteiger partial charge in [0.05, 0.1) is 55.4 Å². The lowest BCUT2D eigenvalue weighted by atomic mass is 11.8. The van der Waals surface area contributed by atoms with Crippen molar-refractivity contribution >= 4 is 141 Å². The molecule has 3 saturated heterocycles. The maximum atomic E-state index is 8.69. The third-order valence-electron chi connectivity index (χ3n) is 4.85. The standard InChI is InChI=1S/C8H32N7O13P7Si10/c1-16-39(29-9)20-42(32-12)22-40(30-10,17-36(2)3)23-44(34-14)25-41(31-11,19-38(7,8)18-37(4,5)6)24-43(21-39,33-13)27-45(26-42,28-44)35-15/h9-15,36H,1-8H3/t39-,40?,41?,42?,43+,44?,45?/m0/s1. The molecule has 7 N–H and O–H groups in total. The van der Waals surface area contributed by atoms with E-state index in [1.165, 1.54) is 7.11 Å². The largest absolute Gasteiger partial charge is 0.565 e. The summed E-state index contributed by atoms with van der Waals surface area (Å²) in [6.45, 7) is 13.0. The van der Waals surface area contributed by atoms with Crippen LogP contribution < -0.4 is 0 Å². The van der Waals surface area contributed by atoms with E-state index in [1.54, 1.807) is 26.2 Å². The maximum Gasteiger partial charge on any atom is 0.565 e. The van der Waals surface area contributed by atoms with Gasteiger partial charge in [0.25, 0.3) is 0 Å². The first-order valence-electron chi connectivity index (χ1n) is 12.3. The number of rotatable bonds is 14. The van der Waals surface area contributed by atoms with Gasteiger partial charge in [-0.1, -0.05) is 0 Å². The van der Waals surface area contributed by atoms with Crippen molar-refractivity contribution in [1.29, 1.82) is 36.1 Å². The van der Waals surface area contributed by atoms with E-state index < -0.39 is 117 Å². The minimum Gasteiger partial charge on any atom is -0.437 e. The zero-order chi connectivity index (χ0) is 34.2. The van der Waals surface area contributed by atoms with Crippen LogP contribution in [0.3, 0.4) is 0 Å². The Labute approximate surface area is 281 Å². The van der Waals surface area contributed by atoms with E-state index in [2.05, 4.69) is 0 Å². The van der Waals surface area contributed by atoms with E-state index in [0.717, 1.165) is 0 Å². The van der Waals surface area contributed by atoms with Gasteiger partial charge in [0.1, 0.15) is 0 Å². The molecule has 3 heterocycles. The molecule has 5 unspecified atom stereocenters. The Morgan fingerprint density at radius 1 is 0.511 bits per heavy atom. The van der Waals surface area contributed by atoms with Crippen LogP contribution in [0.25, 0.3) is 0 Å². The van der Waals surface area contributed by atoms with E-state index in [9.17, 15) is 0 Å². The lowest BCUT2D eigenvalue weighted by Crippen LogP contribution is -2.78. The fourth-order valence-electron chi connectivity index (χ4n) is 3.82. The number of nitrogens with one attached hydrogen (secondary N) is 7. The first-order chi connectivity index (χ1) is 20.7. The van der Waals surface area contributed by atoms with Crippen molar-refractivity contribution in [2.45, 2.75) is 45.8 Å². The normalized spacial score (nSPS) is 41.8. The summed E-state index contributed by atoms with van der Waals surface area (Å²) in [6.07, 6.45) is 0. The van der Waals surface area contributed by atoms with E-state index in [1.807, 2.05) is 19.6 Å². The smallest absolute Gasteiger partial charge is 0.437 e. The van der Waals surface area contributed by atoms with Crippen molar-refractivity contribution in [2.75, 3.05) is 7.11 Å². The molecule has 0 aliphatic carbocycles. The summed E-state index contributed by atoms with van der Waals surface area (Å²) < 4.78 is 82.9. The predicted octanol–water partition coefficient (Wildman–Crippen LogP) is 7.40. The van der Waals surface area contributed by atoms with Crippen LogP contribution in [0.4, 0.5) is 0 Å². The van der Waals surface area contributed by atoms with Crippen LogP contribution >= 0.6 is 55.4 Å². The van der Waals surface area contributed by atoms with Crippen molar-refractivity contribution in [1.82, 2.24) is 0 Å². The number of fused-ring (bicyclic) bond motifs is 3. The van der Waals surface area contributed by atoms with Gasteiger partial charge in [0.15, 0.2) is 17.4 Å². The third kappa shape index (κ3) is 9.62. The molecule has 37 heteroatoms. The molecule has 3 aliphatic rings. The molecule has 3 rings (SSSR count). The maximum absolute atomic E-state index is 8.69. The first kappa shape index (κ1) is 41.8. The molecule has 0 aromatic carbocycles. The van der Waals surface area contributed by atoms with Crippen molar-refractivity contribution in [2.24, 2.45) is 0 Å². The summed E-state index contributed by atoms with van der Waals surface area (Å²) in [7, 11) is -40.9. The molecule has 20 nitrogen and oxygen atoms in total. The predicted molar refractivity (Wildman–Crippen MR) is 187 cm³/mol. The second-order valence-electron chi connectivity index (χ2n) is 10.5. The average molecular weight is 932 g/mol. The highest BCUT2D eigenvalue weighted by molar-refractivity contribution is 7.84. The molecule has 0 spiro atoms. The Morgan fingerprint density at radius 3 is 1.13 bits per heavy atom. The van der Waals surface area contributed by atoms with Crippen LogP contribution in [0.2, 0.25) is 45.8 Å². The van der Waals surface area contributed by atoms with Gasteiger partial charge in [0.2, 0.25) is 0 Å². The lowest BCUT2D eigenvalue weighted by molar-refractivity contribution is 0.0522. The quantitative estimate of drug-likeness (QED) is 0.0661. The Bertz CT molecular complexity index is 1260. The molecule has 0 aromatic rings. The monoisotopic (exact) mass is 931 g/mol. The minimum absolute atomic E-state index is 0.311. The topological polar surface area (TPSA) is 287 Å². The van der Waals surface area contributed by atoms with Crippen molar-refractivity contribution in [3.63, 3.8) is 0 Å². The van der Waals surface area contributed by atoms with Crippen LogP contribution in [0.5, 0.6) is 0 Å². The van der Waals surface area contributed by atoms with Gasteiger partial charge in [-0.3, -0.25) is 36.1 Å². The fourth-order valence-corrected chi connectivity index (χ4v) is 79.5. The molecular weight excluding hydrogens is 900 g/mol. The second kappa shape index (κ2) is 15.1. The Balaban J connectivity index is 2.47. The lowest BCUT2D eigenvalue weighted by Gasteiger charge is -2.52. The highest BCUT2D eigenvalue weighted by Crippen LogP contribution is 2.55. The molecule has 0 saturated carbocycles. The summed E-state index contributed by atoms with van der Waals surface area (Å²) in [6, 6.07) is 0. The van der Waals surface area contributed by atoms with E-state index >= 15 is 0 Å². The summed E-state index contributed by atoms with van der Waals surface area (Å²) in [5.74, 6) is 0. The van der Waals surface area contributed by atoms with Crippen molar-refractivity contribution in [3.05, 3.63) is 0 Å². The van der Waals surface area contributed by atoms with Gasteiger partial charge in [-0.2, -0.15) is 0 Å². The second-order valence-corrected chi connectivity index (χ2v) is 55.0. The minimum atomic E-state index is -4.66. The van der Waals surface area contributed by atoms with Gasteiger partial charge < -0.3 is 53.8 Å². The molecule has 3 aliphatic heterocycles. The highest BCUT2D eigenvalue weighted by Gasteiger charge is 2.80. The van der Waals surface area contributed by atoms with Crippen molar-refractivity contribution in [3.8, 4) is 0 Å². The molecule has 0 radical (unpaired) electrons. The first-order valence-corrected chi connectivity index (χ1v) is 45.6. The summed E-state index contributed by atoms with van der Waals surface area (Å²) in [5, 5.41) is 59.8. The zero-order valence-electron chi connectivity index (χ0n) is 25.0. The van der Waals surface area contributed by atoms with Crippen LogP contribution in [0.15, 0.2) is 0 Å². The molecule has 3 fully saturated rings. The molecule has 252 valence electrons.